The molecule has 82 valence electrons. The number of hydrogen-bond acceptors (Lipinski definition) is 3. The van der Waals surface area contributed by atoms with Crippen LogP contribution in [0, 0.1) is 0 Å². The Morgan fingerprint density at radius 3 is 2.69 bits per heavy atom. The fourth-order valence-corrected chi connectivity index (χ4v) is 1.56. The van der Waals surface area contributed by atoms with Gasteiger partial charge in [-0.1, -0.05) is 17.7 Å². The number of cyclic esters (lactones) is 1. The highest BCUT2D eigenvalue weighted by Crippen LogP contribution is 2.20. The van der Waals surface area contributed by atoms with E-state index < -0.39 is 5.97 Å². The molecule has 1 aromatic carbocycles. The molecular formula is C12H10ClNO2. The second-order valence-electron chi connectivity index (χ2n) is 3.67. The van der Waals surface area contributed by atoms with Gasteiger partial charge < -0.3 is 4.74 Å². The summed E-state index contributed by atoms with van der Waals surface area (Å²) in [5, 5.41) is 0.585. The van der Waals surface area contributed by atoms with Crippen LogP contribution >= 0.6 is 11.6 Å². The van der Waals surface area contributed by atoms with Crippen molar-refractivity contribution >= 4 is 23.5 Å². The molecule has 0 atom stereocenters. The molecule has 0 unspecified atom stereocenters. The number of allylic oxidation sites excluding steroid dienone is 1. The number of hydrogen-bond donors (Lipinski definition) is 0. The summed E-state index contributed by atoms with van der Waals surface area (Å²) in [6.45, 7) is 3.64. The molecule has 1 heterocycles. The van der Waals surface area contributed by atoms with Gasteiger partial charge in [0.05, 0.1) is 0 Å². The third kappa shape index (κ3) is 1.99. The fourth-order valence-electron chi connectivity index (χ4n) is 1.37. The highest BCUT2D eigenvalue weighted by Gasteiger charge is 2.24. The van der Waals surface area contributed by atoms with Gasteiger partial charge in [0.25, 0.3) is 0 Å². The SMILES string of the molecule is CC(C)=C1N=C(c2cccc(Cl)c2)OC1=O. The lowest BCUT2D eigenvalue weighted by Crippen LogP contribution is -2.05. The van der Waals surface area contributed by atoms with Crippen molar-refractivity contribution in [1.29, 1.82) is 0 Å². The van der Waals surface area contributed by atoms with Gasteiger partial charge in [-0.15, -0.1) is 0 Å². The van der Waals surface area contributed by atoms with Crippen molar-refractivity contribution in [2.24, 2.45) is 4.99 Å². The molecule has 0 saturated carbocycles. The molecule has 0 fully saturated rings. The first kappa shape index (κ1) is 10.9. The summed E-state index contributed by atoms with van der Waals surface area (Å²) in [5.74, 6) is -0.0984. The number of nitrogens with zero attached hydrogens (tertiary/aromatic N) is 1. The summed E-state index contributed by atoms with van der Waals surface area (Å²) in [5.41, 5.74) is 1.91. The molecule has 0 bridgehead atoms. The maximum absolute atomic E-state index is 11.5. The molecule has 1 aromatic rings. The Morgan fingerprint density at radius 1 is 1.38 bits per heavy atom. The van der Waals surface area contributed by atoms with E-state index in [9.17, 15) is 4.79 Å². The lowest BCUT2D eigenvalue weighted by Gasteiger charge is -1.98. The van der Waals surface area contributed by atoms with E-state index in [1.54, 1.807) is 24.3 Å². The van der Waals surface area contributed by atoms with E-state index in [-0.39, 0.29) is 0 Å². The van der Waals surface area contributed by atoms with Crippen molar-refractivity contribution in [1.82, 2.24) is 0 Å². The van der Waals surface area contributed by atoms with Crippen molar-refractivity contribution in [3.8, 4) is 0 Å². The van der Waals surface area contributed by atoms with Crippen molar-refractivity contribution in [2.75, 3.05) is 0 Å². The van der Waals surface area contributed by atoms with E-state index in [0.717, 1.165) is 5.57 Å². The van der Waals surface area contributed by atoms with E-state index in [1.807, 2.05) is 13.8 Å². The zero-order valence-corrected chi connectivity index (χ0v) is 9.71. The quantitative estimate of drug-likeness (QED) is 0.555. The molecule has 0 radical (unpaired) electrons. The van der Waals surface area contributed by atoms with Crippen LogP contribution in [0.3, 0.4) is 0 Å². The molecule has 2 rings (SSSR count). The summed E-state index contributed by atoms with van der Waals surface area (Å²) in [6, 6.07) is 7.05. The van der Waals surface area contributed by atoms with Crippen LogP contribution in [0.15, 0.2) is 40.5 Å². The lowest BCUT2D eigenvalue weighted by atomic mass is 10.2. The van der Waals surface area contributed by atoms with Crippen LogP contribution < -0.4 is 0 Å². The van der Waals surface area contributed by atoms with Crippen LogP contribution in [0.5, 0.6) is 0 Å². The van der Waals surface area contributed by atoms with E-state index >= 15 is 0 Å². The monoisotopic (exact) mass is 235 g/mol. The zero-order valence-electron chi connectivity index (χ0n) is 8.95. The number of carbonyl (C=O) groups is 1. The molecule has 0 aromatic heterocycles. The summed E-state index contributed by atoms with van der Waals surface area (Å²) >= 11 is 5.85. The van der Waals surface area contributed by atoms with E-state index in [2.05, 4.69) is 4.99 Å². The number of ether oxygens (including phenoxy) is 1. The molecule has 4 heteroatoms. The Labute approximate surface area is 98.4 Å². The Balaban J connectivity index is 2.42. The molecule has 3 nitrogen and oxygen atoms in total. The van der Waals surface area contributed by atoms with Crippen LogP contribution in [0.25, 0.3) is 0 Å². The Morgan fingerprint density at radius 2 is 2.12 bits per heavy atom. The first-order chi connectivity index (χ1) is 7.58. The van der Waals surface area contributed by atoms with Gasteiger partial charge >= 0.3 is 5.97 Å². The van der Waals surface area contributed by atoms with E-state index in [4.69, 9.17) is 16.3 Å². The van der Waals surface area contributed by atoms with E-state index in [0.29, 0.717) is 22.2 Å². The minimum Gasteiger partial charge on any atom is -0.402 e. The molecule has 0 aliphatic carbocycles. The Kier molecular flexibility index (Phi) is 2.79. The molecular weight excluding hydrogens is 226 g/mol. The third-order valence-electron chi connectivity index (χ3n) is 2.14. The third-order valence-corrected chi connectivity index (χ3v) is 2.38. The highest BCUT2D eigenvalue weighted by atomic mass is 35.5. The van der Waals surface area contributed by atoms with Crippen LogP contribution in [-0.4, -0.2) is 11.9 Å². The number of rotatable bonds is 1. The minimum atomic E-state index is -0.407. The zero-order chi connectivity index (χ0) is 11.7. The van der Waals surface area contributed by atoms with Crippen LogP contribution in [0.2, 0.25) is 5.02 Å². The van der Waals surface area contributed by atoms with Gasteiger partial charge in [0, 0.05) is 10.6 Å². The second-order valence-corrected chi connectivity index (χ2v) is 4.10. The largest absolute Gasteiger partial charge is 0.402 e. The first-order valence-electron chi connectivity index (χ1n) is 4.82. The fraction of sp³-hybridized carbons (Fsp3) is 0.167. The van der Waals surface area contributed by atoms with E-state index in [1.165, 1.54) is 0 Å². The number of benzene rings is 1. The van der Waals surface area contributed by atoms with Gasteiger partial charge in [-0.05, 0) is 37.6 Å². The number of esters is 1. The number of carbonyl (C=O) groups excluding carboxylic acids is 1. The van der Waals surface area contributed by atoms with Gasteiger partial charge in [0.15, 0.2) is 5.70 Å². The molecule has 1 aliphatic rings. The summed E-state index contributed by atoms with van der Waals surface area (Å²) < 4.78 is 5.07. The predicted molar refractivity (Wildman–Crippen MR) is 62.5 cm³/mol. The lowest BCUT2D eigenvalue weighted by molar-refractivity contribution is -0.130. The first-order valence-corrected chi connectivity index (χ1v) is 5.20. The summed E-state index contributed by atoms with van der Waals surface area (Å²) in [7, 11) is 0. The summed E-state index contributed by atoms with van der Waals surface area (Å²) in [6.07, 6.45) is 0. The minimum absolute atomic E-state index is 0.309. The number of halogens is 1. The average molecular weight is 236 g/mol. The van der Waals surface area contributed by atoms with Gasteiger partial charge in [-0.3, -0.25) is 0 Å². The standard InChI is InChI=1S/C12H10ClNO2/c1-7(2)10-12(15)16-11(14-10)8-4-3-5-9(13)6-8/h3-6H,1-2H3. The average Bonchev–Trinajstić information content (AvgIpc) is 2.60. The second kappa shape index (κ2) is 4.10. The maximum Gasteiger partial charge on any atom is 0.363 e. The highest BCUT2D eigenvalue weighted by molar-refractivity contribution is 6.31. The van der Waals surface area contributed by atoms with Crippen molar-refractivity contribution in [3.63, 3.8) is 0 Å². The molecule has 0 spiro atoms. The van der Waals surface area contributed by atoms with Crippen molar-refractivity contribution < 1.29 is 9.53 Å². The summed E-state index contributed by atoms with van der Waals surface area (Å²) in [4.78, 5) is 15.6. The van der Waals surface area contributed by atoms with Crippen LogP contribution in [0.1, 0.15) is 19.4 Å². The smallest absolute Gasteiger partial charge is 0.363 e. The number of aliphatic imine (C=N–C) groups is 1. The van der Waals surface area contributed by atoms with Gasteiger partial charge in [-0.25, -0.2) is 9.79 Å². The topological polar surface area (TPSA) is 38.7 Å². The van der Waals surface area contributed by atoms with Crippen LogP contribution in [-0.2, 0) is 9.53 Å². The molecule has 16 heavy (non-hydrogen) atoms. The molecule has 0 amide bonds. The van der Waals surface area contributed by atoms with Crippen molar-refractivity contribution in [2.45, 2.75) is 13.8 Å². The van der Waals surface area contributed by atoms with Crippen molar-refractivity contribution in [3.05, 3.63) is 46.1 Å². The van der Waals surface area contributed by atoms with Crippen LogP contribution in [0.4, 0.5) is 0 Å². The predicted octanol–water partition coefficient (Wildman–Crippen LogP) is 2.94. The Hall–Kier alpha value is -1.61. The van der Waals surface area contributed by atoms with Gasteiger partial charge in [0.2, 0.25) is 5.90 Å². The maximum atomic E-state index is 11.5. The van der Waals surface area contributed by atoms with Gasteiger partial charge in [0.1, 0.15) is 0 Å². The molecule has 0 N–H and O–H groups in total. The molecule has 0 saturated heterocycles. The molecule has 1 aliphatic heterocycles. The van der Waals surface area contributed by atoms with Gasteiger partial charge in [-0.2, -0.15) is 0 Å². The normalized spacial score (nSPS) is 14.8. The Bertz CT molecular complexity index is 514.